The molecule has 3 aromatic heterocycles. The van der Waals surface area contributed by atoms with E-state index < -0.39 is 0 Å². The molecule has 0 aliphatic rings. The molecule has 0 bridgehead atoms. The zero-order valence-electron chi connectivity index (χ0n) is 9.72. The van der Waals surface area contributed by atoms with E-state index in [-0.39, 0.29) is 0 Å². The van der Waals surface area contributed by atoms with Crippen LogP contribution in [-0.4, -0.2) is 25.2 Å². The van der Waals surface area contributed by atoms with Gasteiger partial charge in [-0.1, -0.05) is 12.1 Å². The maximum atomic E-state index is 11.3. The van der Waals surface area contributed by atoms with Crippen molar-refractivity contribution in [2.24, 2.45) is 0 Å². The minimum absolute atomic E-state index is 0.541. The molecule has 92 valence electrons. The zero-order chi connectivity index (χ0) is 12.8. The van der Waals surface area contributed by atoms with Crippen LogP contribution < -0.4 is 0 Å². The molecule has 19 heavy (non-hydrogen) atoms. The molecule has 1 aromatic carbocycles. The molecule has 0 unspecified atom stereocenters. The third-order valence-corrected chi connectivity index (χ3v) is 3.83. The lowest BCUT2D eigenvalue weighted by molar-refractivity contribution is 0.111. The van der Waals surface area contributed by atoms with E-state index in [9.17, 15) is 4.79 Å². The van der Waals surface area contributed by atoms with E-state index in [2.05, 4.69) is 9.97 Å². The van der Waals surface area contributed by atoms with E-state index in [1.54, 1.807) is 10.7 Å². The average Bonchev–Trinajstić information content (AvgIpc) is 3.11. The first-order valence-electron chi connectivity index (χ1n) is 5.71. The van der Waals surface area contributed by atoms with Gasteiger partial charge in [0.2, 0.25) is 0 Å². The maximum absolute atomic E-state index is 11.3. The topological polar surface area (TPSA) is 52.2 Å². The summed E-state index contributed by atoms with van der Waals surface area (Å²) in [4.78, 5) is 21.0. The van der Waals surface area contributed by atoms with Crippen LogP contribution in [0.3, 0.4) is 0 Å². The van der Waals surface area contributed by atoms with Crippen LogP contribution in [0, 0.1) is 0 Å². The van der Waals surface area contributed by atoms with Crippen molar-refractivity contribution in [1.29, 1.82) is 0 Å². The number of benzene rings is 1. The second-order valence-electron chi connectivity index (χ2n) is 4.10. The summed E-state index contributed by atoms with van der Waals surface area (Å²) in [5, 5.41) is 1.91. The molecule has 0 saturated carbocycles. The Labute approximate surface area is 111 Å². The van der Waals surface area contributed by atoms with Crippen LogP contribution in [0.25, 0.3) is 21.8 Å². The Bertz CT molecular complexity index is 902. The number of hydrogen-bond acceptors (Lipinski definition) is 4. The highest BCUT2D eigenvalue weighted by Crippen LogP contribution is 2.22. The minimum atomic E-state index is 0.541. The van der Waals surface area contributed by atoms with Crippen LogP contribution >= 0.6 is 11.3 Å². The van der Waals surface area contributed by atoms with Gasteiger partial charge in [-0.15, -0.1) is 11.3 Å². The van der Waals surface area contributed by atoms with Gasteiger partial charge in [-0.3, -0.25) is 13.8 Å². The summed E-state index contributed by atoms with van der Waals surface area (Å²) in [6.45, 7) is 0. The van der Waals surface area contributed by atoms with Gasteiger partial charge in [0.15, 0.2) is 17.1 Å². The fraction of sp³-hybridized carbons (Fsp3) is 0. The van der Waals surface area contributed by atoms with Crippen molar-refractivity contribution in [2.75, 3.05) is 0 Å². The molecule has 0 aliphatic heterocycles. The Kier molecular flexibility index (Phi) is 2.07. The minimum Gasteiger partial charge on any atom is -0.296 e. The lowest BCUT2D eigenvalue weighted by Crippen LogP contribution is -1.98. The Hall–Kier alpha value is -2.47. The number of para-hydroxylation sites is 2. The van der Waals surface area contributed by atoms with E-state index in [0.717, 1.165) is 22.3 Å². The first kappa shape index (κ1) is 10.5. The molecule has 0 spiro atoms. The lowest BCUT2D eigenvalue weighted by Gasteiger charge is -2.00. The van der Waals surface area contributed by atoms with E-state index in [1.807, 2.05) is 40.4 Å². The summed E-state index contributed by atoms with van der Waals surface area (Å²) >= 11 is 1.50. The Morgan fingerprint density at radius 3 is 3.05 bits per heavy atom. The predicted octanol–water partition coefficient (Wildman–Crippen LogP) is 2.55. The fourth-order valence-electron chi connectivity index (χ4n) is 2.21. The molecular weight excluding hydrogens is 260 g/mol. The quantitative estimate of drug-likeness (QED) is 0.525. The second-order valence-corrected chi connectivity index (χ2v) is 4.97. The number of carbonyl (C=O) groups excluding carboxylic acids is 1. The molecular formula is C13H8N4OS. The summed E-state index contributed by atoms with van der Waals surface area (Å²) in [6.07, 6.45) is 4.38. The van der Waals surface area contributed by atoms with E-state index in [0.29, 0.717) is 11.5 Å². The lowest BCUT2D eigenvalue weighted by atomic mass is 10.3. The highest BCUT2D eigenvalue weighted by atomic mass is 32.1. The van der Waals surface area contributed by atoms with Gasteiger partial charge in [0.1, 0.15) is 12.0 Å². The van der Waals surface area contributed by atoms with Crippen molar-refractivity contribution < 1.29 is 4.79 Å². The molecule has 0 saturated heterocycles. The molecule has 0 amide bonds. The van der Waals surface area contributed by atoms with Gasteiger partial charge in [0, 0.05) is 11.6 Å². The molecule has 4 aromatic rings. The molecule has 3 heterocycles. The Morgan fingerprint density at radius 2 is 2.16 bits per heavy atom. The standard InChI is InChI=1S/C13H8N4OS/c18-7-11-12(15-13-16(11)5-6-19-13)17-8-14-9-3-1-2-4-10(9)17/h1-8H. The molecule has 0 radical (unpaired) electrons. The average molecular weight is 268 g/mol. The Balaban J connectivity index is 2.08. The van der Waals surface area contributed by atoms with Crippen LogP contribution in [0.4, 0.5) is 0 Å². The van der Waals surface area contributed by atoms with Gasteiger partial charge in [-0.25, -0.2) is 4.98 Å². The third kappa shape index (κ3) is 1.37. The van der Waals surface area contributed by atoms with Crippen molar-refractivity contribution in [3.8, 4) is 5.82 Å². The van der Waals surface area contributed by atoms with Crippen molar-refractivity contribution in [3.63, 3.8) is 0 Å². The summed E-state index contributed by atoms with van der Waals surface area (Å²) in [6, 6.07) is 7.78. The van der Waals surface area contributed by atoms with Gasteiger partial charge in [0.05, 0.1) is 11.0 Å². The SMILES string of the molecule is O=Cc1c(-n2cnc3ccccc32)nc2sccn12. The Morgan fingerprint density at radius 1 is 1.26 bits per heavy atom. The highest BCUT2D eigenvalue weighted by Gasteiger charge is 2.15. The van der Waals surface area contributed by atoms with Crippen molar-refractivity contribution in [2.45, 2.75) is 0 Å². The molecule has 0 fully saturated rings. The van der Waals surface area contributed by atoms with E-state index in [4.69, 9.17) is 0 Å². The van der Waals surface area contributed by atoms with E-state index in [1.165, 1.54) is 11.3 Å². The summed E-state index contributed by atoms with van der Waals surface area (Å²) in [5.41, 5.74) is 2.37. The molecule has 4 rings (SSSR count). The summed E-state index contributed by atoms with van der Waals surface area (Å²) in [5.74, 6) is 0.621. The largest absolute Gasteiger partial charge is 0.296 e. The summed E-state index contributed by atoms with van der Waals surface area (Å²) in [7, 11) is 0. The fourth-order valence-corrected chi connectivity index (χ4v) is 2.92. The number of aromatic nitrogens is 4. The monoisotopic (exact) mass is 268 g/mol. The van der Waals surface area contributed by atoms with Gasteiger partial charge >= 0.3 is 0 Å². The van der Waals surface area contributed by atoms with Crippen LogP contribution in [0.2, 0.25) is 0 Å². The van der Waals surface area contributed by atoms with E-state index >= 15 is 0 Å². The number of aldehydes is 1. The van der Waals surface area contributed by atoms with Gasteiger partial charge in [0.25, 0.3) is 0 Å². The van der Waals surface area contributed by atoms with Gasteiger partial charge < -0.3 is 0 Å². The first-order valence-corrected chi connectivity index (χ1v) is 6.59. The number of nitrogens with zero attached hydrogens (tertiary/aromatic N) is 4. The third-order valence-electron chi connectivity index (χ3n) is 3.07. The first-order chi connectivity index (χ1) is 9.38. The number of hydrogen-bond donors (Lipinski definition) is 0. The van der Waals surface area contributed by atoms with Crippen LogP contribution in [-0.2, 0) is 0 Å². The summed E-state index contributed by atoms with van der Waals surface area (Å²) < 4.78 is 3.64. The number of thiazole rings is 1. The molecule has 0 N–H and O–H groups in total. The molecule has 5 nitrogen and oxygen atoms in total. The molecule has 6 heteroatoms. The van der Waals surface area contributed by atoms with Gasteiger partial charge in [-0.2, -0.15) is 4.98 Å². The number of imidazole rings is 2. The molecule has 0 atom stereocenters. The van der Waals surface area contributed by atoms with Gasteiger partial charge in [-0.05, 0) is 12.1 Å². The van der Waals surface area contributed by atoms with Crippen LogP contribution in [0.1, 0.15) is 10.5 Å². The predicted molar refractivity (Wildman–Crippen MR) is 73.1 cm³/mol. The number of fused-ring (bicyclic) bond motifs is 2. The van der Waals surface area contributed by atoms with Crippen molar-refractivity contribution in [3.05, 3.63) is 47.9 Å². The normalized spacial score (nSPS) is 11.4. The maximum Gasteiger partial charge on any atom is 0.196 e. The zero-order valence-corrected chi connectivity index (χ0v) is 10.5. The van der Waals surface area contributed by atoms with Crippen molar-refractivity contribution in [1.82, 2.24) is 18.9 Å². The molecule has 0 aliphatic carbocycles. The highest BCUT2D eigenvalue weighted by molar-refractivity contribution is 7.15. The van der Waals surface area contributed by atoms with Crippen LogP contribution in [0.15, 0.2) is 42.2 Å². The van der Waals surface area contributed by atoms with Crippen molar-refractivity contribution >= 4 is 33.6 Å². The van der Waals surface area contributed by atoms with Crippen LogP contribution in [0.5, 0.6) is 0 Å². The number of rotatable bonds is 2. The second kappa shape index (κ2) is 3.76. The smallest absolute Gasteiger partial charge is 0.196 e. The number of carbonyl (C=O) groups is 1.